The van der Waals surface area contributed by atoms with E-state index in [1.165, 1.54) is 0 Å². The zero-order chi connectivity index (χ0) is 10.4. The maximum atomic E-state index is 11.1. The van der Waals surface area contributed by atoms with Gasteiger partial charge in [-0.15, -0.1) is 0 Å². The first-order chi connectivity index (χ1) is 6.68. The third kappa shape index (κ3) is 4.72. The van der Waals surface area contributed by atoms with E-state index in [2.05, 4.69) is 5.32 Å². The molecule has 3 nitrogen and oxygen atoms in total. The normalized spacial score (nSPS) is 23.1. The third-order valence-electron chi connectivity index (χ3n) is 2.46. The lowest BCUT2D eigenvalue weighted by atomic mass is 10.00. The highest BCUT2D eigenvalue weighted by atomic mass is 16.5. The first-order valence-corrected chi connectivity index (χ1v) is 5.55. The molecule has 0 aromatic heterocycles. The maximum Gasteiger partial charge on any atom is 0.135 e. The molecule has 1 aliphatic heterocycles. The van der Waals surface area contributed by atoms with Crippen LogP contribution in [-0.4, -0.2) is 31.1 Å². The zero-order valence-corrected chi connectivity index (χ0v) is 9.21. The highest BCUT2D eigenvalue weighted by Crippen LogP contribution is 2.09. The number of hydrogen-bond donors (Lipinski definition) is 1. The molecule has 0 aromatic rings. The van der Waals surface area contributed by atoms with Gasteiger partial charge in [0.2, 0.25) is 0 Å². The second-order valence-electron chi connectivity index (χ2n) is 4.21. The molecule has 1 aliphatic rings. The summed E-state index contributed by atoms with van der Waals surface area (Å²) >= 11 is 0. The van der Waals surface area contributed by atoms with E-state index in [1.807, 2.05) is 13.8 Å². The van der Waals surface area contributed by atoms with Crippen LogP contribution in [-0.2, 0) is 9.53 Å². The summed E-state index contributed by atoms with van der Waals surface area (Å²) in [5, 5.41) is 3.36. The van der Waals surface area contributed by atoms with Crippen LogP contribution in [0.15, 0.2) is 0 Å². The fourth-order valence-electron chi connectivity index (χ4n) is 1.72. The van der Waals surface area contributed by atoms with Crippen molar-refractivity contribution in [2.75, 3.05) is 13.2 Å². The predicted octanol–water partition coefficient (Wildman–Crippen LogP) is 1.51. The van der Waals surface area contributed by atoms with Crippen molar-refractivity contribution in [3.63, 3.8) is 0 Å². The molecule has 1 fully saturated rings. The highest BCUT2D eigenvalue weighted by Gasteiger charge is 2.17. The molecular weight excluding hydrogens is 178 g/mol. The van der Waals surface area contributed by atoms with Gasteiger partial charge in [0.1, 0.15) is 5.78 Å². The molecule has 0 amide bonds. The third-order valence-corrected chi connectivity index (χ3v) is 2.46. The zero-order valence-electron chi connectivity index (χ0n) is 9.21. The van der Waals surface area contributed by atoms with Gasteiger partial charge in [-0.2, -0.15) is 0 Å². The Morgan fingerprint density at radius 3 is 3.00 bits per heavy atom. The van der Waals surface area contributed by atoms with E-state index in [9.17, 15) is 4.79 Å². The van der Waals surface area contributed by atoms with Crippen molar-refractivity contribution in [3.05, 3.63) is 0 Å². The van der Waals surface area contributed by atoms with Gasteiger partial charge in [-0.1, -0.05) is 0 Å². The monoisotopic (exact) mass is 199 g/mol. The van der Waals surface area contributed by atoms with E-state index >= 15 is 0 Å². The predicted molar refractivity (Wildman–Crippen MR) is 56.4 cm³/mol. The maximum absolute atomic E-state index is 11.1. The number of nitrogens with one attached hydrogen (secondary N) is 1. The SMILES string of the molecule is CC(C)OCCCC1CC(=O)CCN1. The summed E-state index contributed by atoms with van der Waals surface area (Å²) < 4.78 is 5.45. The lowest BCUT2D eigenvalue weighted by Crippen LogP contribution is -2.38. The Labute approximate surface area is 86.2 Å². The van der Waals surface area contributed by atoms with Crippen LogP contribution in [0.3, 0.4) is 0 Å². The molecule has 1 unspecified atom stereocenters. The van der Waals surface area contributed by atoms with Gasteiger partial charge in [-0.05, 0) is 26.7 Å². The van der Waals surface area contributed by atoms with Crippen LogP contribution in [0.25, 0.3) is 0 Å². The number of carbonyl (C=O) groups is 1. The molecule has 0 spiro atoms. The Kier molecular flexibility index (Phi) is 5.12. The van der Waals surface area contributed by atoms with E-state index in [0.717, 1.165) is 26.0 Å². The Hall–Kier alpha value is -0.410. The smallest absolute Gasteiger partial charge is 0.135 e. The van der Waals surface area contributed by atoms with Crippen molar-refractivity contribution < 1.29 is 9.53 Å². The van der Waals surface area contributed by atoms with Gasteiger partial charge < -0.3 is 10.1 Å². The summed E-state index contributed by atoms with van der Waals surface area (Å²) in [5.74, 6) is 0.401. The Bertz CT molecular complexity index is 180. The van der Waals surface area contributed by atoms with Crippen molar-refractivity contribution in [3.8, 4) is 0 Å². The largest absolute Gasteiger partial charge is 0.379 e. The van der Waals surface area contributed by atoms with Gasteiger partial charge in [0, 0.05) is 32.0 Å². The number of ketones is 1. The average Bonchev–Trinajstić information content (AvgIpc) is 2.12. The molecule has 1 N–H and O–H groups in total. The fourth-order valence-corrected chi connectivity index (χ4v) is 1.72. The van der Waals surface area contributed by atoms with E-state index < -0.39 is 0 Å². The molecule has 0 radical (unpaired) electrons. The molecule has 0 bridgehead atoms. The Morgan fingerprint density at radius 1 is 1.57 bits per heavy atom. The van der Waals surface area contributed by atoms with E-state index in [-0.39, 0.29) is 0 Å². The fraction of sp³-hybridized carbons (Fsp3) is 0.909. The van der Waals surface area contributed by atoms with Crippen molar-refractivity contribution in [2.45, 2.75) is 51.7 Å². The van der Waals surface area contributed by atoms with E-state index in [1.54, 1.807) is 0 Å². The van der Waals surface area contributed by atoms with Crippen LogP contribution in [0.2, 0.25) is 0 Å². The topological polar surface area (TPSA) is 38.3 Å². The molecule has 14 heavy (non-hydrogen) atoms. The Morgan fingerprint density at radius 2 is 2.36 bits per heavy atom. The van der Waals surface area contributed by atoms with Crippen molar-refractivity contribution in [1.29, 1.82) is 0 Å². The number of Topliss-reactive ketones (excluding diaryl/α,β-unsaturated/α-hetero) is 1. The van der Waals surface area contributed by atoms with Gasteiger partial charge in [-0.3, -0.25) is 4.79 Å². The highest BCUT2D eigenvalue weighted by molar-refractivity contribution is 5.79. The summed E-state index contributed by atoms with van der Waals surface area (Å²) in [5.41, 5.74) is 0. The number of rotatable bonds is 5. The molecule has 1 atom stereocenters. The number of hydrogen-bond acceptors (Lipinski definition) is 3. The van der Waals surface area contributed by atoms with Gasteiger partial charge >= 0.3 is 0 Å². The standard InChI is InChI=1S/C11H21NO2/c1-9(2)14-7-3-4-10-8-11(13)5-6-12-10/h9-10,12H,3-8H2,1-2H3. The molecular formula is C11H21NO2. The molecule has 1 heterocycles. The van der Waals surface area contributed by atoms with Crippen molar-refractivity contribution >= 4 is 5.78 Å². The molecule has 0 aliphatic carbocycles. The van der Waals surface area contributed by atoms with E-state index in [0.29, 0.717) is 30.8 Å². The lowest BCUT2D eigenvalue weighted by molar-refractivity contribution is -0.120. The van der Waals surface area contributed by atoms with E-state index in [4.69, 9.17) is 4.74 Å². The number of piperidine rings is 1. The molecule has 0 saturated carbocycles. The molecule has 1 saturated heterocycles. The van der Waals surface area contributed by atoms with Crippen molar-refractivity contribution in [1.82, 2.24) is 5.32 Å². The Balaban J connectivity index is 2.03. The van der Waals surface area contributed by atoms with Gasteiger partial charge in [0.25, 0.3) is 0 Å². The number of ether oxygens (including phenoxy) is 1. The van der Waals surface area contributed by atoms with Crippen LogP contribution >= 0.6 is 0 Å². The van der Waals surface area contributed by atoms with Crippen molar-refractivity contribution in [2.24, 2.45) is 0 Å². The van der Waals surface area contributed by atoms with Gasteiger partial charge in [0.05, 0.1) is 6.10 Å². The van der Waals surface area contributed by atoms with Gasteiger partial charge in [-0.25, -0.2) is 0 Å². The summed E-state index contributed by atoms with van der Waals surface area (Å²) in [6, 6.07) is 0.395. The summed E-state index contributed by atoms with van der Waals surface area (Å²) in [6.07, 6.45) is 3.83. The van der Waals surface area contributed by atoms with Crippen LogP contribution in [0.1, 0.15) is 39.5 Å². The quantitative estimate of drug-likeness (QED) is 0.682. The first kappa shape index (κ1) is 11.7. The van der Waals surface area contributed by atoms with Crippen LogP contribution in [0, 0.1) is 0 Å². The summed E-state index contributed by atoms with van der Waals surface area (Å²) in [4.78, 5) is 11.1. The molecule has 3 heteroatoms. The minimum atomic E-state index is 0.316. The molecule has 1 rings (SSSR count). The average molecular weight is 199 g/mol. The lowest BCUT2D eigenvalue weighted by Gasteiger charge is -2.22. The van der Waals surface area contributed by atoms with Gasteiger partial charge in [0.15, 0.2) is 0 Å². The molecule has 82 valence electrons. The second-order valence-corrected chi connectivity index (χ2v) is 4.21. The number of carbonyl (C=O) groups excluding carboxylic acids is 1. The molecule has 0 aromatic carbocycles. The summed E-state index contributed by atoms with van der Waals surface area (Å²) in [7, 11) is 0. The minimum Gasteiger partial charge on any atom is -0.379 e. The minimum absolute atomic E-state index is 0.316. The first-order valence-electron chi connectivity index (χ1n) is 5.55. The summed E-state index contributed by atoms with van der Waals surface area (Å²) in [6.45, 7) is 5.75. The van der Waals surface area contributed by atoms with Crippen LogP contribution in [0.4, 0.5) is 0 Å². The van der Waals surface area contributed by atoms with Crippen LogP contribution < -0.4 is 5.32 Å². The second kappa shape index (κ2) is 6.14. The van der Waals surface area contributed by atoms with Crippen LogP contribution in [0.5, 0.6) is 0 Å².